The second kappa shape index (κ2) is 7.63. The van der Waals surface area contributed by atoms with E-state index in [1.54, 1.807) is 13.8 Å². The van der Waals surface area contributed by atoms with Crippen molar-refractivity contribution in [3.05, 3.63) is 35.9 Å². The molecule has 1 saturated heterocycles. The van der Waals surface area contributed by atoms with Crippen molar-refractivity contribution in [3.8, 4) is 0 Å². The van der Waals surface area contributed by atoms with Crippen molar-refractivity contribution in [1.82, 2.24) is 9.80 Å². The number of benzene rings is 1. The summed E-state index contributed by atoms with van der Waals surface area (Å²) >= 11 is 0. The molecule has 0 spiro atoms. The second-order valence-electron chi connectivity index (χ2n) is 6.33. The third-order valence-electron chi connectivity index (χ3n) is 4.29. The number of rotatable bonds is 5. The monoisotopic (exact) mass is 336 g/mol. The van der Waals surface area contributed by atoms with E-state index in [1.807, 2.05) is 30.3 Å². The molecule has 3 unspecified atom stereocenters. The Labute approximate surface area is 141 Å². The van der Waals surface area contributed by atoms with Gasteiger partial charge in [-0.2, -0.15) is 0 Å². The molecule has 0 aromatic heterocycles. The van der Waals surface area contributed by atoms with Crippen molar-refractivity contribution in [2.24, 2.45) is 5.92 Å². The molecule has 24 heavy (non-hydrogen) atoms. The van der Waals surface area contributed by atoms with Gasteiger partial charge in [-0.1, -0.05) is 44.2 Å². The lowest BCUT2D eigenvalue weighted by molar-refractivity contribution is -0.139. The van der Waals surface area contributed by atoms with Gasteiger partial charge in [-0.15, -0.1) is 0 Å². The van der Waals surface area contributed by atoms with E-state index < -0.39 is 24.5 Å². The van der Waals surface area contributed by atoms with Crippen molar-refractivity contribution in [2.45, 2.75) is 38.6 Å². The first-order valence-corrected chi connectivity index (χ1v) is 7.92. The summed E-state index contributed by atoms with van der Waals surface area (Å²) in [6.45, 7) is 3.54. The lowest BCUT2D eigenvalue weighted by Crippen LogP contribution is -2.54. The SMILES string of the molecule is CC(C)C(C(=O)N1COC(O)C1Cc1ccccc1)N(C)C(=O)O. The molecule has 1 aromatic rings. The molecule has 1 aliphatic heterocycles. The third kappa shape index (κ3) is 3.85. The van der Waals surface area contributed by atoms with E-state index in [1.165, 1.54) is 11.9 Å². The van der Waals surface area contributed by atoms with Crippen molar-refractivity contribution in [2.75, 3.05) is 13.8 Å². The van der Waals surface area contributed by atoms with Crippen LogP contribution in [0.2, 0.25) is 0 Å². The zero-order chi connectivity index (χ0) is 17.9. The van der Waals surface area contributed by atoms with E-state index in [-0.39, 0.29) is 18.6 Å². The number of hydrogen-bond acceptors (Lipinski definition) is 4. The van der Waals surface area contributed by atoms with Crippen molar-refractivity contribution in [3.63, 3.8) is 0 Å². The molecular weight excluding hydrogens is 312 g/mol. The minimum Gasteiger partial charge on any atom is -0.465 e. The predicted octanol–water partition coefficient (Wildman–Crippen LogP) is 1.37. The smallest absolute Gasteiger partial charge is 0.407 e. The van der Waals surface area contributed by atoms with E-state index in [0.717, 1.165) is 10.5 Å². The number of amides is 2. The molecule has 2 amide bonds. The van der Waals surface area contributed by atoms with Crippen LogP contribution >= 0.6 is 0 Å². The molecule has 0 saturated carbocycles. The molecular formula is C17H24N2O5. The fourth-order valence-electron chi connectivity index (χ4n) is 3.00. The largest absolute Gasteiger partial charge is 0.465 e. The molecule has 0 bridgehead atoms. The summed E-state index contributed by atoms with van der Waals surface area (Å²) in [7, 11) is 1.38. The Morgan fingerprint density at radius 2 is 1.96 bits per heavy atom. The minimum absolute atomic E-state index is 0.0474. The summed E-state index contributed by atoms with van der Waals surface area (Å²) < 4.78 is 5.24. The van der Waals surface area contributed by atoms with Crippen LogP contribution in [0, 0.1) is 5.92 Å². The molecule has 2 rings (SSSR count). The van der Waals surface area contributed by atoms with Crippen LogP contribution in [-0.4, -0.2) is 64.2 Å². The summed E-state index contributed by atoms with van der Waals surface area (Å²) in [5.74, 6) is -0.555. The Morgan fingerprint density at radius 3 is 2.50 bits per heavy atom. The van der Waals surface area contributed by atoms with Crippen LogP contribution in [-0.2, 0) is 16.0 Å². The minimum atomic E-state index is -1.16. The summed E-state index contributed by atoms with van der Waals surface area (Å²) in [5, 5.41) is 19.3. The van der Waals surface area contributed by atoms with Crippen LogP contribution < -0.4 is 0 Å². The van der Waals surface area contributed by atoms with Gasteiger partial charge in [-0.25, -0.2) is 4.79 Å². The summed E-state index contributed by atoms with van der Waals surface area (Å²) in [6.07, 6.45) is -1.81. The predicted molar refractivity (Wildman–Crippen MR) is 87.2 cm³/mol. The maximum Gasteiger partial charge on any atom is 0.407 e. The highest BCUT2D eigenvalue weighted by Crippen LogP contribution is 2.23. The summed E-state index contributed by atoms with van der Waals surface area (Å²) in [5.41, 5.74) is 0.970. The van der Waals surface area contributed by atoms with E-state index in [0.29, 0.717) is 6.42 Å². The number of aliphatic hydroxyl groups is 1. The zero-order valence-corrected chi connectivity index (χ0v) is 14.1. The van der Waals surface area contributed by atoms with Gasteiger partial charge < -0.3 is 19.8 Å². The summed E-state index contributed by atoms with van der Waals surface area (Å²) in [4.78, 5) is 26.6. The first-order chi connectivity index (χ1) is 11.3. The topological polar surface area (TPSA) is 90.3 Å². The Hall–Kier alpha value is -2.12. The van der Waals surface area contributed by atoms with Crippen LogP contribution in [0.3, 0.4) is 0 Å². The maximum absolute atomic E-state index is 12.9. The highest BCUT2D eigenvalue weighted by atomic mass is 16.6. The number of carbonyl (C=O) groups is 2. The number of ether oxygens (including phenoxy) is 1. The van der Waals surface area contributed by atoms with E-state index >= 15 is 0 Å². The fourth-order valence-corrected chi connectivity index (χ4v) is 3.00. The molecule has 7 heteroatoms. The molecule has 2 N–H and O–H groups in total. The molecule has 7 nitrogen and oxygen atoms in total. The zero-order valence-electron chi connectivity index (χ0n) is 14.1. The lowest BCUT2D eigenvalue weighted by Gasteiger charge is -2.33. The van der Waals surface area contributed by atoms with Gasteiger partial charge >= 0.3 is 6.09 Å². The highest BCUT2D eigenvalue weighted by Gasteiger charge is 2.42. The van der Waals surface area contributed by atoms with E-state index in [4.69, 9.17) is 4.74 Å². The molecule has 1 heterocycles. The van der Waals surface area contributed by atoms with Gasteiger partial charge in [0.25, 0.3) is 0 Å². The van der Waals surface area contributed by atoms with Crippen molar-refractivity contribution in [1.29, 1.82) is 0 Å². The van der Waals surface area contributed by atoms with Crippen LogP contribution in [0.25, 0.3) is 0 Å². The fraction of sp³-hybridized carbons (Fsp3) is 0.529. The highest BCUT2D eigenvalue weighted by molar-refractivity contribution is 5.86. The van der Waals surface area contributed by atoms with Crippen molar-refractivity contribution < 1.29 is 24.5 Å². The number of hydrogen-bond donors (Lipinski definition) is 2. The average Bonchev–Trinajstić information content (AvgIpc) is 2.89. The standard InChI is InChI=1S/C17H24N2O5/c1-11(2)14(18(3)17(22)23)15(20)19-10-24-16(21)13(19)9-12-7-5-4-6-8-12/h4-8,11,13-14,16,21H,9-10H2,1-3H3,(H,22,23). The second-order valence-corrected chi connectivity index (χ2v) is 6.33. The van der Waals surface area contributed by atoms with Crippen LogP contribution in [0.15, 0.2) is 30.3 Å². The Morgan fingerprint density at radius 1 is 1.33 bits per heavy atom. The summed E-state index contributed by atoms with van der Waals surface area (Å²) in [6, 6.07) is 8.13. The van der Waals surface area contributed by atoms with Crippen LogP contribution in [0.1, 0.15) is 19.4 Å². The Balaban J connectivity index is 2.20. The van der Waals surface area contributed by atoms with Gasteiger partial charge in [0.1, 0.15) is 12.8 Å². The van der Waals surface area contributed by atoms with Gasteiger partial charge in [0.2, 0.25) is 5.91 Å². The van der Waals surface area contributed by atoms with Gasteiger partial charge in [-0.05, 0) is 17.9 Å². The molecule has 132 valence electrons. The quantitative estimate of drug-likeness (QED) is 0.847. The van der Waals surface area contributed by atoms with Gasteiger partial charge in [0.05, 0.1) is 6.04 Å². The molecule has 0 aliphatic carbocycles. The van der Waals surface area contributed by atoms with Gasteiger partial charge in [0, 0.05) is 7.05 Å². The third-order valence-corrected chi connectivity index (χ3v) is 4.29. The van der Waals surface area contributed by atoms with Crippen LogP contribution in [0.5, 0.6) is 0 Å². The first-order valence-electron chi connectivity index (χ1n) is 7.92. The van der Waals surface area contributed by atoms with Crippen molar-refractivity contribution >= 4 is 12.0 Å². The normalized spacial score (nSPS) is 21.8. The lowest BCUT2D eigenvalue weighted by atomic mass is 9.99. The number of aliphatic hydroxyl groups excluding tert-OH is 1. The average molecular weight is 336 g/mol. The van der Waals surface area contributed by atoms with Gasteiger partial charge in [0.15, 0.2) is 6.29 Å². The molecule has 1 aromatic carbocycles. The van der Waals surface area contributed by atoms with Crippen LogP contribution in [0.4, 0.5) is 4.79 Å². The Bertz CT molecular complexity index is 578. The molecule has 0 radical (unpaired) electrons. The Kier molecular flexibility index (Phi) is 5.80. The molecule has 1 fully saturated rings. The molecule has 1 aliphatic rings. The van der Waals surface area contributed by atoms with E-state index in [9.17, 15) is 19.8 Å². The molecule has 3 atom stereocenters. The number of likely N-dealkylation sites (N-methyl/N-ethyl adjacent to an activating group) is 1. The number of nitrogens with zero attached hydrogens (tertiary/aromatic N) is 2. The maximum atomic E-state index is 12.9. The number of carboxylic acid groups (broad SMARTS) is 1. The first kappa shape index (κ1) is 18.2. The number of carbonyl (C=O) groups excluding carboxylic acids is 1. The van der Waals surface area contributed by atoms with Gasteiger partial charge in [-0.3, -0.25) is 9.69 Å². The van der Waals surface area contributed by atoms with E-state index in [2.05, 4.69) is 0 Å².